The van der Waals surface area contributed by atoms with Crippen LogP contribution in [0.3, 0.4) is 0 Å². The molecule has 112 valence electrons. The third kappa shape index (κ3) is 4.49. The zero-order valence-electron chi connectivity index (χ0n) is 11.7. The molecule has 0 N–H and O–H groups in total. The Kier molecular flexibility index (Phi) is 6.90. The predicted molar refractivity (Wildman–Crippen MR) is 92.0 cm³/mol. The van der Waals surface area contributed by atoms with Gasteiger partial charge in [0.15, 0.2) is 6.29 Å². The molecule has 0 spiro atoms. The molecule has 1 atom stereocenters. The van der Waals surface area contributed by atoms with E-state index in [1.165, 1.54) is 6.42 Å². The second-order valence-corrected chi connectivity index (χ2v) is 6.70. The van der Waals surface area contributed by atoms with Crippen LogP contribution in [0.4, 0.5) is 0 Å². The summed E-state index contributed by atoms with van der Waals surface area (Å²) in [4.78, 5) is 0. The van der Waals surface area contributed by atoms with Crippen LogP contribution in [0.1, 0.15) is 31.2 Å². The Morgan fingerprint density at radius 1 is 1.40 bits per heavy atom. The van der Waals surface area contributed by atoms with Gasteiger partial charge < -0.3 is 14.2 Å². The van der Waals surface area contributed by atoms with E-state index in [1.807, 2.05) is 12.1 Å². The van der Waals surface area contributed by atoms with E-state index in [1.54, 1.807) is 0 Å². The lowest BCUT2D eigenvalue weighted by Crippen LogP contribution is -2.25. The van der Waals surface area contributed by atoms with E-state index in [4.69, 9.17) is 14.2 Å². The molecule has 1 unspecified atom stereocenters. The SMILES string of the molecule is Cc1ccc(OCCCBr)c(I)c1OC1CCCCO1. The van der Waals surface area contributed by atoms with Gasteiger partial charge in [-0.2, -0.15) is 0 Å². The van der Waals surface area contributed by atoms with Crippen molar-refractivity contribution in [3.63, 3.8) is 0 Å². The molecule has 1 fully saturated rings. The zero-order valence-corrected chi connectivity index (χ0v) is 15.4. The molecule has 1 aromatic carbocycles. The topological polar surface area (TPSA) is 27.7 Å². The summed E-state index contributed by atoms with van der Waals surface area (Å²) in [5.74, 6) is 1.79. The molecule has 1 aromatic rings. The quantitative estimate of drug-likeness (QED) is 0.355. The van der Waals surface area contributed by atoms with Crippen LogP contribution in [0, 0.1) is 10.5 Å². The van der Waals surface area contributed by atoms with Crippen LogP contribution in [-0.4, -0.2) is 24.8 Å². The highest BCUT2D eigenvalue weighted by molar-refractivity contribution is 14.1. The smallest absolute Gasteiger partial charge is 0.199 e. The second kappa shape index (κ2) is 8.44. The zero-order chi connectivity index (χ0) is 14.4. The fourth-order valence-electron chi connectivity index (χ4n) is 2.06. The van der Waals surface area contributed by atoms with Gasteiger partial charge in [0.1, 0.15) is 11.5 Å². The summed E-state index contributed by atoms with van der Waals surface area (Å²) in [6, 6.07) is 4.06. The number of alkyl halides is 1. The first kappa shape index (κ1) is 16.4. The number of hydrogen-bond donors (Lipinski definition) is 0. The van der Waals surface area contributed by atoms with Crippen molar-refractivity contribution in [3.05, 3.63) is 21.3 Å². The average molecular weight is 455 g/mol. The van der Waals surface area contributed by atoms with Gasteiger partial charge in [0.05, 0.1) is 16.8 Å². The molecule has 0 aliphatic carbocycles. The molecule has 1 heterocycles. The van der Waals surface area contributed by atoms with Crippen LogP contribution in [0.25, 0.3) is 0 Å². The van der Waals surface area contributed by atoms with E-state index in [2.05, 4.69) is 45.4 Å². The fourth-order valence-corrected chi connectivity index (χ4v) is 3.18. The van der Waals surface area contributed by atoms with Crippen LogP contribution in [-0.2, 0) is 4.74 Å². The Morgan fingerprint density at radius 2 is 2.25 bits per heavy atom. The number of aryl methyl sites for hydroxylation is 1. The maximum atomic E-state index is 6.04. The lowest BCUT2D eigenvalue weighted by molar-refractivity contribution is -0.106. The van der Waals surface area contributed by atoms with Gasteiger partial charge in [-0.1, -0.05) is 22.0 Å². The van der Waals surface area contributed by atoms with Crippen molar-refractivity contribution in [1.29, 1.82) is 0 Å². The number of hydrogen-bond acceptors (Lipinski definition) is 3. The van der Waals surface area contributed by atoms with Crippen molar-refractivity contribution in [1.82, 2.24) is 0 Å². The van der Waals surface area contributed by atoms with Crippen LogP contribution >= 0.6 is 38.5 Å². The molecule has 1 aliphatic heterocycles. The van der Waals surface area contributed by atoms with Crippen molar-refractivity contribution in [2.24, 2.45) is 0 Å². The Balaban J connectivity index is 2.07. The van der Waals surface area contributed by atoms with E-state index in [9.17, 15) is 0 Å². The summed E-state index contributed by atoms with van der Waals surface area (Å²) < 4.78 is 18.5. The molecular weight excluding hydrogens is 435 g/mol. The first-order valence-electron chi connectivity index (χ1n) is 6.98. The molecule has 1 saturated heterocycles. The number of benzene rings is 1. The highest BCUT2D eigenvalue weighted by Gasteiger charge is 2.19. The van der Waals surface area contributed by atoms with Crippen molar-refractivity contribution in [2.45, 2.75) is 38.9 Å². The minimum atomic E-state index is -0.117. The number of rotatable bonds is 6. The normalized spacial score (nSPS) is 18.9. The van der Waals surface area contributed by atoms with Crippen LogP contribution in [0.5, 0.6) is 11.5 Å². The lowest BCUT2D eigenvalue weighted by atomic mass is 10.2. The molecule has 2 rings (SSSR count). The standard InChI is InChI=1S/C15H20BrIO3/c1-11-6-7-12(18-10-4-8-16)14(17)15(11)20-13-5-2-3-9-19-13/h6-7,13H,2-5,8-10H2,1H3. The van der Waals surface area contributed by atoms with E-state index < -0.39 is 0 Å². The summed E-state index contributed by atoms with van der Waals surface area (Å²) in [6.45, 7) is 3.56. The maximum absolute atomic E-state index is 6.04. The fraction of sp³-hybridized carbons (Fsp3) is 0.600. The molecule has 5 heteroatoms. The van der Waals surface area contributed by atoms with Gasteiger partial charge in [0, 0.05) is 11.8 Å². The average Bonchev–Trinajstić information content (AvgIpc) is 2.47. The summed E-state index contributed by atoms with van der Waals surface area (Å²) in [6.07, 6.45) is 4.14. The first-order chi connectivity index (χ1) is 9.72. The van der Waals surface area contributed by atoms with E-state index in [0.717, 1.165) is 51.8 Å². The van der Waals surface area contributed by atoms with E-state index >= 15 is 0 Å². The van der Waals surface area contributed by atoms with Gasteiger partial charge in [-0.05, 0) is 60.4 Å². The van der Waals surface area contributed by atoms with Crippen molar-refractivity contribution in [3.8, 4) is 11.5 Å². The summed E-state index contributed by atoms with van der Waals surface area (Å²) in [5, 5.41) is 0.953. The second-order valence-electron chi connectivity index (χ2n) is 4.83. The van der Waals surface area contributed by atoms with Gasteiger partial charge in [-0.3, -0.25) is 0 Å². The third-order valence-electron chi connectivity index (χ3n) is 3.18. The monoisotopic (exact) mass is 454 g/mol. The van der Waals surface area contributed by atoms with Gasteiger partial charge in [0.2, 0.25) is 0 Å². The Morgan fingerprint density at radius 3 is 2.95 bits per heavy atom. The van der Waals surface area contributed by atoms with Crippen molar-refractivity contribution >= 4 is 38.5 Å². The Bertz CT molecular complexity index is 433. The highest BCUT2D eigenvalue weighted by Crippen LogP contribution is 2.35. The Labute approximate surface area is 142 Å². The summed E-state index contributed by atoms with van der Waals surface area (Å²) >= 11 is 5.71. The van der Waals surface area contributed by atoms with Crippen LogP contribution < -0.4 is 9.47 Å². The molecule has 0 bridgehead atoms. The first-order valence-corrected chi connectivity index (χ1v) is 9.18. The minimum absolute atomic E-state index is 0.117. The minimum Gasteiger partial charge on any atom is -0.492 e. The van der Waals surface area contributed by atoms with E-state index in [0.29, 0.717) is 6.61 Å². The Hall–Kier alpha value is -0.0100. The van der Waals surface area contributed by atoms with E-state index in [-0.39, 0.29) is 6.29 Å². The number of ether oxygens (including phenoxy) is 3. The summed E-state index contributed by atoms with van der Waals surface area (Å²) in [7, 11) is 0. The number of halogens is 2. The molecular formula is C15H20BrIO3. The van der Waals surface area contributed by atoms with Crippen LogP contribution in [0.2, 0.25) is 0 Å². The lowest BCUT2D eigenvalue weighted by Gasteiger charge is -2.25. The molecule has 0 saturated carbocycles. The molecule has 3 nitrogen and oxygen atoms in total. The van der Waals surface area contributed by atoms with Crippen molar-refractivity contribution < 1.29 is 14.2 Å². The maximum Gasteiger partial charge on any atom is 0.199 e. The van der Waals surface area contributed by atoms with Gasteiger partial charge in [-0.15, -0.1) is 0 Å². The molecule has 20 heavy (non-hydrogen) atoms. The molecule has 0 aromatic heterocycles. The van der Waals surface area contributed by atoms with Crippen molar-refractivity contribution in [2.75, 3.05) is 18.5 Å². The van der Waals surface area contributed by atoms with Gasteiger partial charge >= 0.3 is 0 Å². The van der Waals surface area contributed by atoms with Gasteiger partial charge in [-0.25, -0.2) is 0 Å². The van der Waals surface area contributed by atoms with Gasteiger partial charge in [0.25, 0.3) is 0 Å². The highest BCUT2D eigenvalue weighted by atomic mass is 127. The molecule has 0 radical (unpaired) electrons. The largest absolute Gasteiger partial charge is 0.492 e. The third-order valence-corrected chi connectivity index (χ3v) is 4.76. The molecule has 1 aliphatic rings. The summed E-state index contributed by atoms with van der Waals surface area (Å²) in [5.41, 5.74) is 1.12. The predicted octanol–water partition coefficient (Wildman–Crippen LogP) is 4.67. The van der Waals surface area contributed by atoms with Crippen LogP contribution in [0.15, 0.2) is 12.1 Å². The molecule has 0 amide bonds.